The van der Waals surface area contributed by atoms with Crippen LogP contribution >= 0.6 is 0 Å². The summed E-state index contributed by atoms with van der Waals surface area (Å²) in [7, 11) is 0. The topological polar surface area (TPSA) is 52.6 Å². The zero-order valence-corrected chi connectivity index (χ0v) is 14.2. The van der Waals surface area contributed by atoms with Gasteiger partial charge in [0.05, 0.1) is 11.1 Å². The highest BCUT2D eigenvalue weighted by Crippen LogP contribution is 2.25. The lowest BCUT2D eigenvalue weighted by atomic mass is 9.88. The van der Waals surface area contributed by atoms with Crippen LogP contribution in [0.15, 0.2) is 60.7 Å². The molecule has 2 aromatic rings. The Labute approximate surface area is 142 Å². The number of hydrogen-bond acceptors (Lipinski definition) is 4. The third kappa shape index (κ3) is 4.69. The molecule has 0 spiro atoms. The Hall–Kier alpha value is -2.62. The molecule has 0 saturated heterocycles. The maximum absolute atomic E-state index is 12.1. The standard InChI is InChI=1S/C20H22O4/c1-15(24-19(22)17-12-8-5-9-13-17)20(2,3)14-23-18(21)16-10-6-4-7-11-16/h4-13,15H,14H2,1-3H3. The average Bonchev–Trinajstić information content (AvgIpc) is 2.61. The molecule has 0 aliphatic carbocycles. The minimum Gasteiger partial charge on any atom is -0.461 e. The Morgan fingerprint density at radius 1 is 0.875 bits per heavy atom. The second-order valence-electron chi connectivity index (χ2n) is 6.34. The zero-order chi connectivity index (χ0) is 17.6. The van der Waals surface area contributed by atoms with Crippen LogP contribution in [0.4, 0.5) is 0 Å². The number of esters is 2. The van der Waals surface area contributed by atoms with E-state index in [9.17, 15) is 9.59 Å². The fourth-order valence-electron chi connectivity index (χ4n) is 1.99. The first-order valence-electron chi connectivity index (χ1n) is 7.88. The predicted octanol–water partition coefficient (Wildman–Crippen LogP) is 4.12. The normalized spacial score (nSPS) is 12.3. The van der Waals surface area contributed by atoms with Crippen LogP contribution in [-0.4, -0.2) is 24.6 Å². The van der Waals surface area contributed by atoms with Gasteiger partial charge >= 0.3 is 11.9 Å². The Morgan fingerprint density at radius 2 is 1.33 bits per heavy atom. The summed E-state index contributed by atoms with van der Waals surface area (Å²) >= 11 is 0. The van der Waals surface area contributed by atoms with Crippen molar-refractivity contribution in [2.24, 2.45) is 5.41 Å². The molecule has 2 aromatic carbocycles. The second-order valence-corrected chi connectivity index (χ2v) is 6.34. The highest BCUT2D eigenvalue weighted by Gasteiger charge is 2.31. The Morgan fingerprint density at radius 3 is 1.83 bits per heavy atom. The van der Waals surface area contributed by atoms with Crippen LogP contribution in [0.25, 0.3) is 0 Å². The van der Waals surface area contributed by atoms with E-state index in [1.54, 1.807) is 55.5 Å². The molecule has 0 aliphatic rings. The van der Waals surface area contributed by atoms with E-state index in [0.717, 1.165) is 0 Å². The second kappa shape index (κ2) is 7.77. The van der Waals surface area contributed by atoms with E-state index in [1.165, 1.54) is 0 Å². The quantitative estimate of drug-likeness (QED) is 0.750. The molecule has 0 aromatic heterocycles. The van der Waals surface area contributed by atoms with Gasteiger partial charge in [0.25, 0.3) is 0 Å². The molecule has 24 heavy (non-hydrogen) atoms. The summed E-state index contributed by atoms with van der Waals surface area (Å²) in [6.45, 7) is 5.75. The van der Waals surface area contributed by atoms with Crippen molar-refractivity contribution in [3.05, 3.63) is 71.8 Å². The predicted molar refractivity (Wildman–Crippen MR) is 91.8 cm³/mol. The maximum Gasteiger partial charge on any atom is 0.338 e. The van der Waals surface area contributed by atoms with Crippen molar-refractivity contribution in [2.75, 3.05) is 6.61 Å². The monoisotopic (exact) mass is 326 g/mol. The van der Waals surface area contributed by atoms with Gasteiger partial charge in [-0.25, -0.2) is 9.59 Å². The van der Waals surface area contributed by atoms with E-state index in [1.807, 2.05) is 26.0 Å². The zero-order valence-electron chi connectivity index (χ0n) is 14.2. The first-order chi connectivity index (χ1) is 11.4. The molecule has 4 nitrogen and oxygen atoms in total. The van der Waals surface area contributed by atoms with Crippen molar-refractivity contribution in [1.29, 1.82) is 0 Å². The molecule has 0 fully saturated rings. The lowest BCUT2D eigenvalue weighted by Gasteiger charge is -2.30. The Bertz CT molecular complexity index is 677. The Kier molecular flexibility index (Phi) is 5.74. The van der Waals surface area contributed by atoms with E-state index in [0.29, 0.717) is 11.1 Å². The number of rotatable bonds is 6. The molecule has 0 saturated carbocycles. The van der Waals surface area contributed by atoms with Gasteiger partial charge in [0, 0.05) is 5.41 Å². The van der Waals surface area contributed by atoms with Gasteiger partial charge in [0.1, 0.15) is 12.7 Å². The van der Waals surface area contributed by atoms with Gasteiger partial charge in [-0.05, 0) is 31.2 Å². The van der Waals surface area contributed by atoms with Crippen molar-refractivity contribution < 1.29 is 19.1 Å². The van der Waals surface area contributed by atoms with E-state index < -0.39 is 11.5 Å². The van der Waals surface area contributed by atoms with Gasteiger partial charge < -0.3 is 9.47 Å². The summed E-state index contributed by atoms with van der Waals surface area (Å²) in [5, 5.41) is 0. The largest absolute Gasteiger partial charge is 0.461 e. The molecule has 0 heterocycles. The molecule has 0 bridgehead atoms. The fourth-order valence-corrected chi connectivity index (χ4v) is 1.99. The van der Waals surface area contributed by atoms with Crippen LogP contribution in [-0.2, 0) is 9.47 Å². The van der Waals surface area contributed by atoms with Gasteiger partial charge in [-0.2, -0.15) is 0 Å². The molecule has 4 heteroatoms. The first-order valence-corrected chi connectivity index (χ1v) is 7.88. The van der Waals surface area contributed by atoms with Crippen LogP contribution in [0.2, 0.25) is 0 Å². The van der Waals surface area contributed by atoms with Gasteiger partial charge in [0.2, 0.25) is 0 Å². The van der Waals surface area contributed by atoms with E-state index in [2.05, 4.69) is 0 Å². The lowest BCUT2D eigenvalue weighted by molar-refractivity contribution is -0.0272. The van der Waals surface area contributed by atoms with Crippen LogP contribution in [0.1, 0.15) is 41.5 Å². The highest BCUT2D eigenvalue weighted by molar-refractivity contribution is 5.90. The molecule has 1 atom stereocenters. The van der Waals surface area contributed by atoms with E-state index >= 15 is 0 Å². The fraction of sp³-hybridized carbons (Fsp3) is 0.300. The minimum absolute atomic E-state index is 0.157. The van der Waals surface area contributed by atoms with Crippen LogP contribution < -0.4 is 0 Å². The lowest BCUT2D eigenvalue weighted by Crippen LogP contribution is -2.36. The molecule has 126 valence electrons. The van der Waals surface area contributed by atoms with Gasteiger partial charge in [0.15, 0.2) is 0 Å². The SMILES string of the molecule is CC(OC(=O)c1ccccc1)C(C)(C)COC(=O)c1ccccc1. The minimum atomic E-state index is -0.505. The number of carbonyl (C=O) groups excluding carboxylic acids is 2. The van der Waals surface area contributed by atoms with E-state index in [4.69, 9.17) is 9.47 Å². The van der Waals surface area contributed by atoms with Crippen molar-refractivity contribution >= 4 is 11.9 Å². The summed E-state index contributed by atoms with van der Waals surface area (Å²) in [6, 6.07) is 17.6. The molecule has 0 N–H and O–H groups in total. The third-order valence-corrected chi connectivity index (χ3v) is 3.98. The van der Waals surface area contributed by atoms with E-state index in [-0.39, 0.29) is 18.5 Å². The van der Waals surface area contributed by atoms with Crippen LogP contribution in [0.3, 0.4) is 0 Å². The number of ether oxygens (including phenoxy) is 2. The van der Waals surface area contributed by atoms with Crippen molar-refractivity contribution in [3.8, 4) is 0 Å². The first kappa shape index (κ1) is 17.7. The summed E-state index contributed by atoms with van der Waals surface area (Å²) in [5.41, 5.74) is 0.498. The molecule has 0 radical (unpaired) electrons. The summed E-state index contributed by atoms with van der Waals surface area (Å²) in [6.07, 6.45) is -0.409. The molecule has 0 amide bonds. The highest BCUT2D eigenvalue weighted by atomic mass is 16.6. The number of hydrogen-bond donors (Lipinski definition) is 0. The van der Waals surface area contributed by atoms with Crippen LogP contribution in [0.5, 0.6) is 0 Å². The maximum atomic E-state index is 12.1. The van der Waals surface area contributed by atoms with Crippen molar-refractivity contribution in [1.82, 2.24) is 0 Å². The average molecular weight is 326 g/mol. The summed E-state index contributed by atoms with van der Waals surface area (Å²) < 4.78 is 10.9. The Balaban J connectivity index is 1.91. The van der Waals surface area contributed by atoms with Crippen LogP contribution in [0, 0.1) is 5.41 Å². The summed E-state index contributed by atoms with van der Waals surface area (Å²) in [4.78, 5) is 24.2. The third-order valence-electron chi connectivity index (χ3n) is 3.98. The molecule has 1 unspecified atom stereocenters. The molecular formula is C20H22O4. The number of benzene rings is 2. The molecule has 2 rings (SSSR count). The summed E-state index contributed by atoms with van der Waals surface area (Å²) in [5.74, 6) is -0.768. The van der Waals surface area contributed by atoms with Crippen molar-refractivity contribution in [3.63, 3.8) is 0 Å². The van der Waals surface area contributed by atoms with Gasteiger partial charge in [-0.3, -0.25) is 0 Å². The molecular weight excluding hydrogens is 304 g/mol. The molecule has 0 aliphatic heterocycles. The van der Waals surface area contributed by atoms with Gasteiger partial charge in [-0.15, -0.1) is 0 Å². The van der Waals surface area contributed by atoms with Crippen molar-refractivity contribution in [2.45, 2.75) is 26.9 Å². The smallest absolute Gasteiger partial charge is 0.338 e. The van der Waals surface area contributed by atoms with Gasteiger partial charge in [-0.1, -0.05) is 50.2 Å². The number of carbonyl (C=O) groups is 2.